The molecule has 1 N–H and O–H groups in total. The number of nitrogens with zero attached hydrogens (tertiary/aromatic N) is 4. The van der Waals surface area contributed by atoms with Crippen molar-refractivity contribution in [3.05, 3.63) is 102 Å². The minimum atomic E-state index is -0.0377. The van der Waals surface area contributed by atoms with Crippen LogP contribution in [0.1, 0.15) is 29.2 Å². The number of hydrogen-bond acceptors (Lipinski definition) is 5. The molecule has 1 aliphatic rings. The van der Waals surface area contributed by atoms with Crippen molar-refractivity contribution in [3.8, 4) is 5.75 Å². The van der Waals surface area contributed by atoms with Crippen molar-refractivity contribution < 1.29 is 4.74 Å². The fraction of sp³-hybridized carbons (Fsp3) is 0.154. The van der Waals surface area contributed by atoms with E-state index in [-0.39, 0.29) is 6.04 Å². The Labute approximate surface area is 197 Å². The van der Waals surface area contributed by atoms with E-state index in [4.69, 9.17) is 22.1 Å². The third kappa shape index (κ3) is 4.54. The molecule has 0 aliphatic carbocycles. The topological polar surface area (TPSA) is 62.6 Å². The summed E-state index contributed by atoms with van der Waals surface area (Å²) in [5.41, 5.74) is 6.01. The van der Waals surface area contributed by atoms with E-state index < -0.39 is 0 Å². The van der Waals surface area contributed by atoms with Crippen LogP contribution in [-0.4, -0.2) is 32.9 Å². The standard InChI is InChI=1S/C26H23N5OS/c1-32-21-10-7-19(8-11-21)23-16-25(20-9-12-22-24(15-20)28-14-13-27-22)31(30-23)26(33)29-17-18-5-3-2-4-6-18/h2-15,25H,16-17H2,1H3,(H,29,33)/t25-/m0/s1. The zero-order valence-corrected chi connectivity index (χ0v) is 19.0. The second kappa shape index (κ2) is 9.34. The number of hydrazone groups is 1. The maximum atomic E-state index is 5.79. The maximum Gasteiger partial charge on any atom is 0.190 e. The van der Waals surface area contributed by atoms with Crippen LogP contribution < -0.4 is 10.1 Å². The largest absolute Gasteiger partial charge is 0.497 e. The highest BCUT2D eigenvalue weighted by Crippen LogP contribution is 2.34. The first kappa shape index (κ1) is 21.0. The first-order valence-corrected chi connectivity index (χ1v) is 11.2. The van der Waals surface area contributed by atoms with Crippen LogP contribution in [0.3, 0.4) is 0 Å². The molecule has 33 heavy (non-hydrogen) atoms. The number of aromatic nitrogens is 2. The van der Waals surface area contributed by atoms with Crippen molar-refractivity contribution in [1.29, 1.82) is 0 Å². The van der Waals surface area contributed by atoms with Crippen LogP contribution in [0.15, 0.2) is 90.3 Å². The summed E-state index contributed by atoms with van der Waals surface area (Å²) < 4.78 is 5.30. The van der Waals surface area contributed by atoms with Gasteiger partial charge in [0.2, 0.25) is 0 Å². The van der Waals surface area contributed by atoms with Crippen LogP contribution in [0.5, 0.6) is 5.75 Å². The fourth-order valence-electron chi connectivity index (χ4n) is 3.96. The lowest BCUT2D eigenvalue weighted by atomic mass is 9.98. The minimum absolute atomic E-state index is 0.0377. The molecule has 3 aromatic carbocycles. The van der Waals surface area contributed by atoms with Crippen LogP contribution in [0.25, 0.3) is 11.0 Å². The van der Waals surface area contributed by atoms with E-state index in [2.05, 4.69) is 39.6 Å². The quantitative estimate of drug-likeness (QED) is 0.435. The van der Waals surface area contributed by atoms with Gasteiger partial charge in [0, 0.05) is 25.4 Å². The number of fused-ring (bicyclic) bond motifs is 1. The first-order valence-electron chi connectivity index (χ1n) is 10.7. The highest BCUT2D eigenvalue weighted by atomic mass is 32.1. The number of hydrogen-bond donors (Lipinski definition) is 1. The Kier molecular flexibility index (Phi) is 5.95. The third-order valence-corrected chi connectivity index (χ3v) is 6.04. The fourth-order valence-corrected chi connectivity index (χ4v) is 4.20. The Bertz CT molecular complexity index is 1310. The van der Waals surface area contributed by atoms with Gasteiger partial charge in [-0.15, -0.1) is 0 Å². The van der Waals surface area contributed by atoms with Crippen molar-refractivity contribution in [3.63, 3.8) is 0 Å². The molecule has 0 fully saturated rings. The molecule has 0 unspecified atom stereocenters. The molecule has 164 valence electrons. The average Bonchev–Trinajstić information content (AvgIpc) is 3.33. The normalized spacial score (nSPS) is 15.4. The number of ether oxygens (including phenoxy) is 1. The van der Waals surface area contributed by atoms with Gasteiger partial charge in [-0.2, -0.15) is 5.10 Å². The highest BCUT2D eigenvalue weighted by molar-refractivity contribution is 7.80. The van der Waals surface area contributed by atoms with Gasteiger partial charge in [-0.05, 0) is 65.3 Å². The molecule has 0 amide bonds. The smallest absolute Gasteiger partial charge is 0.190 e. The Hall–Kier alpha value is -3.84. The van der Waals surface area contributed by atoms with Crippen LogP contribution in [-0.2, 0) is 6.54 Å². The van der Waals surface area contributed by atoms with E-state index in [9.17, 15) is 0 Å². The maximum absolute atomic E-state index is 5.79. The van der Waals surface area contributed by atoms with Gasteiger partial charge in [-0.25, -0.2) is 5.01 Å². The molecule has 0 saturated carbocycles. The van der Waals surface area contributed by atoms with Crippen LogP contribution in [0, 0.1) is 0 Å². The average molecular weight is 454 g/mol. The van der Waals surface area contributed by atoms with E-state index in [0.717, 1.165) is 45.6 Å². The van der Waals surface area contributed by atoms with Crippen LogP contribution >= 0.6 is 12.2 Å². The predicted octanol–water partition coefficient (Wildman–Crippen LogP) is 4.86. The number of methoxy groups -OCH3 is 1. The van der Waals surface area contributed by atoms with Crippen molar-refractivity contribution >= 4 is 34.1 Å². The predicted molar refractivity (Wildman–Crippen MR) is 134 cm³/mol. The number of benzene rings is 3. The lowest BCUT2D eigenvalue weighted by molar-refractivity contribution is 0.364. The minimum Gasteiger partial charge on any atom is -0.497 e. The molecule has 0 saturated heterocycles. The van der Waals surface area contributed by atoms with E-state index in [1.807, 2.05) is 53.5 Å². The van der Waals surface area contributed by atoms with Gasteiger partial charge in [0.05, 0.1) is 29.9 Å². The number of nitrogens with one attached hydrogen (secondary N) is 1. The van der Waals surface area contributed by atoms with E-state index >= 15 is 0 Å². The Morgan fingerprint density at radius 2 is 1.76 bits per heavy atom. The lowest BCUT2D eigenvalue weighted by Gasteiger charge is -2.25. The molecule has 0 bridgehead atoms. The third-order valence-electron chi connectivity index (χ3n) is 5.71. The van der Waals surface area contributed by atoms with Gasteiger partial charge in [-0.1, -0.05) is 36.4 Å². The molecule has 0 radical (unpaired) electrons. The molecular weight excluding hydrogens is 430 g/mol. The van der Waals surface area contributed by atoms with Crippen molar-refractivity contribution in [2.75, 3.05) is 7.11 Å². The summed E-state index contributed by atoms with van der Waals surface area (Å²) in [7, 11) is 1.67. The van der Waals surface area contributed by atoms with Gasteiger partial charge in [0.1, 0.15) is 5.75 Å². The van der Waals surface area contributed by atoms with Crippen molar-refractivity contribution in [2.45, 2.75) is 19.0 Å². The molecule has 1 aliphatic heterocycles. The molecule has 6 nitrogen and oxygen atoms in total. The summed E-state index contributed by atoms with van der Waals surface area (Å²) in [5.74, 6) is 0.818. The molecule has 1 atom stereocenters. The van der Waals surface area contributed by atoms with Gasteiger partial charge in [0.15, 0.2) is 5.11 Å². The SMILES string of the molecule is COc1ccc(C2=NN(C(=S)NCc3ccccc3)[C@H](c3ccc4nccnc4c3)C2)cc1. The zero-order chi connectivity index (χ0) is 22.6. The molecule has 0 spiro atoms. The van der Waals surface area contributed by atoms with Crippen molar-refractivity contribution in [2.24, 2.45) is 5.10 Å². The summed E-state index contributed by atoms with van der Waals surface area (Å²) >= 11 is 5.79. The lowest BCUT2D eigenvalue weighted by Crippen LogP contribution is -2.36. The van der Waals surface area contributed by atoms with E-state index in [0.29, 0.717) is 11.7 Å². The number of rotatable bonds is 5. The molecule has 5 rings (SSSR count). The van der Waals surface area contributed by atoms with Crippen LogP contribution in [0.2, 0.25) is 0 Å². The highest BCUT2D eigenvalue weighted by Gasteiger charge is 2.31. The van der Waals surface area contributed by atoms with Gasteiger partial charge in [0.25, 0.3) is 0 Å². The first-order chi connectivity index (χ1) is 16.2. The molecule has 7 heteroatoms. The Morgan fingerprint density at radius 3 is 2.52 bits per heavy atom. The molecular formula is C26H23N5OS. The van der Waals surface area contributed by atoms with Crippen LogP contribution in [0.4, 0.5) is 0 Å². The summed E-state index contributed by atoms with van der Waals surface area (Å²) in [6, 6.07) is 24.3. The summed E-state index contributed by atoms with van der Waals surface area (Å²) in [6.45, 7) is 0.638. The number of thiocarbonyl (C=S) groups is 1. The van der Waals surface area contributed by atoms with Gasteiger partial charge in [-0.3, -0.25) is 9.97 Å². The van der Waals surface area contributed by atoms with Crippen molar-refractivity contribution in [1.82, 2.24) is 20.3 Å². The monoisotopic (exact) mass is 453 g/mol. The van der Waals surface area contributed by atoms with Gasteiger partial charge < -0.3 is 10.1 Å². The second-order valence-corrected chi connectivity index (χ2v) is 8.18. The summed E-state index contributed by atoms with van der Waals surface area (Å²) in [6.07, 6.45) is 4.15. The summed E-state index contributed by atoms with van der Waals surface area (Å²) in [5, 5.41) is 10.8. The Balaban J connectivity index is 1.45. The molecule has 1 aromatic heterocycles. The second-order valence-electron chi connectivity index (χ2n) is 7.79. The Morgan fingerprint density at radius 1 is 1.00 bits per heavy atom. The van der Waals surface area contributed by atoms with E-state index in [1.165, 1.54) is 0 Å². The molecule has 2 heterocycles. The molecule has 4 aromatic rings. The summed E-state index contributed by atoms with van der Waals surface area (Å²) in [4.78, 5) is 8.86. The van der Waals surface area contributed by atoms with Gasteiger partial charge >= 0.3 is 0 Å². The van der Waals surface area contributed by atoms with E-state index in [1.54, 1.807) is 19.5 Å². The zero-order valence-electron chi connectivity index (χ0n) is 18.2.